The molecule has 3 aromatic rings. The molecule has 3 rings (SSSR count). The number of aromatic nitrogens is 3. The van der Waals surface area contributed by atoms with E-state index < -0.39 is 0 Å². The van der Waals surface area contributed by atoms with Crippen LogP contribution in [-0.2, 0) is 17.9 Å². The summed E-state index contributed by atoms with van der Waals surface area (Å²) in [6.07, 6.45) is 8.00. The normalized spacial score (nSPS) is 11.1. The smallest absolute Gasteiger partial charge is 0.244 e. The fourth-order valence-corrected chi connectivity index (χ4v) is 3.18. The highest BCUT2D eigenvalue weighted by Gasteiger charge is 2.01. The van der Waals surface area contributed by atoms with E-state index in [0.717, 1.165) is 40.5 Å². The van der Waals surface area contributed by atoms with Crippen LogP contribution >= 0.6 is 11.3 Å². The Bertz CT molecular complexity index is 928. The number of carbonyl (C=O) groups is 1. The van der Waals surface area contributed by atoms with Crippen molar-refractivity contribution >= 4 is 23.3 Å². The molecule has 0 bridgehead atoms. The molecular weight excluding hydrogens is 372 g/mol. The number of amides is 1. The lowest BCUT2D eigenvalue weighted by molar-refractivity contribution is -0.116. The molecule has 0 atom stereocenters. The largest absolute Gasteiger partial charge is 0.487 e. The van der Waals surface area contributed by atoms with E-state index in [9.17, 15) is 4.79 Å². The summed E-state index contributed by atoms with van der Waals surface area (Å²) in [5, 5.41) is 10.1. The Labute approximate surface area is 168 Å². The van der Waals surface area contributed by atoms with Gasteiger partial charge in [-0.1, -0.05) is 12.1 Å². The molecule has 0 saturated carbocycles. The molecule has 0 saturated heterocycles. The number of carbonyl (C=O) groups excluding carboxylic acids is 1. The molecular formula is C21H24N4O2S. The van der Waals surface area contributed by atoms with Gasteiger partial charge in [-0.15, -0.1) is 11.3 Å². The Kier molecular flexibility index (Phi) is 6.97. The van der Waals surface area contributed by atoms with Gasteiger partial charge in [0.15, 0.2) is 0 Å². The molecule has 0 aliphatic heterocycles. The molecule has 0 spiro atoms. The number of nitrogens with zero attached hydrogens (tertiary/aromatic N) is 3. The Morgan fingerprint density at radius 2 is 2.11 bits per heavy atom. The van der Waals surface area contributed by atoms with Gasteiger partial charge in [-0.05, 0) is 49.6 Å². The molecule has 28 heavy (non-hydrogen) atoms. The molecule has 1 N–H and O–H groups in total. The van der Waals surface area contributed by atoms with Crippen molar-refractivity contribution in [1.29, 1.82) is 0 Å². The first-order chi connectivity index (χ1) is 13.6. The number of rotatable bonds is 9. The van der Waals surface area contributed by atoms with Crippen LogP contribution in [0.1, 0.15) is 28.2 Å². The summed E-state index contributed by atoms with van der Waals surface area (Å²) in [7, 11) is 0. The molecule has 6 nitrogen and oxygen atoms in total. The average Bonchev–Trinajstić information content (AvgIpc) is 3.30. The summed E-state index contributed by atoms with van der Waals surface area (Å²) in [5.41, 5.74) is 3.02. The van der Waals surface area contributed by atoms with Crippen LogP contribution in [0.15, 0.2) is 48.1 Å². The van der Waals surface area contributed by atoms with Gasteiger partial charge in [-0.25, -0.2) is 4.98 Å². The third-order valence-corrected chi connectivity index (χ3v) is 4.81. The zero-order chi connectivity index (χ0) is 19.8. The van der Waals surface area contributed by atoms with Crippen molar-refractivity contribution in [1.82, 2.24) is 20.1 Å². The first-order valence-corrected chi connectivity index (χ1v) is 10.1. The number of nitrogens with one attached hydrogen (secondary N) is 1. The van der Waals surface area contributed by atoms with E-state index in [2.05, 4.69) is 15.4 Å². The van der Waals surface area contributed by atoms with Gasteiger partial charge in [0, 0.05) is 30.7 Å². The number of hydrogen-bond donors (Lipinski definition) is 1. The molecule has 1 aromatic carbocycles. The second-order valence-electron chi connectivity index (χ2n) is 6.47. The Balaban J connectivity index is 1.37. The summed E-state index contributed by atoms with van der Waals surface area (Å²) in [5.74, 6) is 0.678. The zero-order valence-electron chi connectivity index (χ0n) is 16.1. The third-order valence-electron chi connectivity index (χ3n) is 3.99. The quantitative estimate of drug-likeness (QED) is 0.442. The van der Waals surface area contributed by atoms with Crippen molar-refractivity contribution in [3.63, 3.8) is 0 Å². The summed E-state index contributed by atoms with van der Waals surface area (Å²) >= 11 is 1.62. The van der Waals surface area contributed by atoms with Crippen LogP contribution in [-0.4, -0.2) is 27.2 Å². The second-order valence-corrected chi connectivity index (χ2v) is 7.54. The van der Waals surface area contributed by atoms with Crippen molar-refractivity contribution in [2.45, 2.75) is 33.4 Å². The molecule has 2 heterocycles. The van der Waals surface area contributed by atoms with Crippen molar-refractivity contribution in [3.05, 3.63) is 69.9 Å². The third kappa shape index (κ3) is 6.35. The van der Waals surface area contributed by atoms with Gasteiger partial charge in [0.25, 0.3) is 0 Å². The van der Waals surface area contributed by atoms with E-state index in [4.69, 9.17) is 4.74 Å². The minimum Gasteiger partial charge on any atom is -0.487 e. The maximum atomic E-state index is 11.9. The summed E-state index contributed by atoms with van der Waals surface area (Å²) in [4.78, 5) is 16.3. The van der Waals surface area contributed by atoms with Crippen LogP contribution in [0.5, 0.6) is 5.75 Å². The number of hydrogen-bond acceptors (Lipinski definition) is 5. The molecule has 0 radical (unpaired) electrons. The van der Waals surface area contributed by atoms with E-state index in [0.29, 0.717) is 13.2 Å². The standard InChI is InChI=1S/C21H24N4O2S/c1-16-12-23-25(13-16)11-3-10-22-21(26)9-6-18-4-7-20(8-5-18)27-14-19-15-28-17(2)24-19/h4-9,12-13,15H,3,10-11,14H2,1-2H3,(H,22,26)/b9-6+. The van der Waals surface area contributed by atoms with Crippen LogP contribution in [0.3, 0.4) is 0 Å². The van der Waals surface area contributed by atoms with Gasteiger partial charge >= 0.3 is 0 Å². The van der Waals surface area contributed by atoms with Gasteiger partial charge in [0.2, 0.25) is 5.91 Å². The van der Waals surface area contributed by atoms with E-state index in [-0.39, 0.29) is 5.91 Å². The van der Waals surface area contributed by atoms with E-state index >= 15 is 0 Å². The van der Waals surface area contributed by atoms with Gasteiger partial charge in [-0.3, -0.25) is 9.48 Å². The summed E-state index contributed by atoms with van der Waals surface area (Å²) in [6, 6.07) is 7.63. The highest BCUT2D eigenvalue weighted by Crippen LogP contribution is 2.16. The van der Waals surface area contributed by atoms with Crippen molar-refractivity contribution < 1.29 is 9.53 Å². The van der Waals surface area contributed by atoms with Gasteiger partial charge in [-0.2, -0.15) is 5.10 Å². The topological polar surface area (TPSA) is 69.0 Å². The Morgan fingerprint density at radius 3 is 2.79 bits per heavy atom. The SMILES string of the molecule is Cc1cnn(CCCNC(=O)/C=C/c2ccc(OCc3csc(C)n3)cc2)c1. The molecule has 0 unspecified atom stereocenters. The van der Waals surface area contributed by atoms with Crippen LogP contribution < -0.4 is 10.1 Å². The summed E-state index contributed by atoms with van der Waals surface area (Å²) < 4.78 is 7.61. The van der Waals surface area contributed by atoms with E-state index in [1.807, 2.05) is 60.6 Å². The molecule has 0 fully saturated rings. The fraction of sp³-hybridized carbons (Fsp3) is 0.286. The maximum Gasteiger partial charge on any atom is 0.244 e. The Hall–Kier alpha value is -2.93. The highest BCUT2D eigenvalue weighted by atomic mass is 32.1. The fourth-order valence-electron chi connectivity index (χ4n) is 2.58. The van der Waals surface area contributed by atoms with E-state index in [1.54, 1.807) is 23.5 Å². The van der Waals surface area contributed by atoms with Crippen LogP contribution in [0, 0.1) is 13.8 Å². The number of benzene rings is 1. The number of thiazole rings is 1. The number of ether oxygens (including phenoxy) is 1. The molecule has 1 amide bonds. The maximum absolute atomic E-state index is 11.9. The predicted molar refractivity (Wildman–Crippen MR) is 111 cm³/mol. The lowest BCUT2D eigenvalue weighted by Gasteiger charge is -2.04. The Morgan fingerprint density at radius 1 is 1.29 bits per heavy atom. The van der Waals surface area contributed by atoms with E-state index in [1.165, 1.54) is 0 Å². The first kappa shape index (κ1) is 19.8. The van der Waals surface area contributed by atoms with Crippen LogP contribution in [0.4, 0.5) is 0 Å². The lowest BCUT2D eigenvalue weighted by atomic mass is 10.2. The van der Waals surface area contributed by atoms with Crippen LogP contribution in [0.2, 0.25) is 0 Å². The highest BCUT2D eigenvalue weighted by molar-refractivity contribution is 7.09. The molecule has 2 aromatic heterocycles. The van der Waals surface area contributed by atoms with Gasteiger partial charge in [0.1, 0.15) is 12.4 Å². The molecule has 7 heteroatoms. The molecule has 146 valence electrons. The number of aryl methyl sites for hydroxylation is 3. The first-order valence-electron chi connectivity index (χ1n) is 9.17. The van der Waals surface area contributed by atoms with Crippen molar-refractivity contribution in [2.75, 3.05) is 6.54 Å². The van der Waals surface area contributed by atoms with Crippen molar-refractivity contribution in [3.8, 4) is 5.75 Å². The van der Waals surface area contributed by atoms with Gasteiger partial charge in [0.05, 0.1) is 16.9 Å². The minimum atomic E-state index is -0.101. The van der Waals surface area contributed by atoms with Crippen molar-refractivity contribution in [2.24, 2.45) is 0 Å². The van der Waals surface area contributed by atoms with Gasteiger partial charge < -0.3 is 10.1 Å². The molecule has 0 aliphatic rings. The second kappa shape index (κ2) is 9.85. The molecule has 0 aliphatic carbocycles. The zero-order valence-corrected chi connectivity index (χ0v) is 16.9. The monoisotopic (exact) mass is 396 g/mol. The van der Waals surface area contributed by atoms with Crippen LogP contribution in [0.25, 0.3) is 6.08 Å². The predicted octanol–water partition coefficient (Wildman–Crippen LogP) is 3.76. The average molecular weight is 397 g/mol. The lowest BCUT2D eigenvalue weighted by Crippen LogP contribution is -2.23. The summed E-state index contributed by atoms with van der Waals surface area (Å²) in [6.45, 7) is 5.85. The minimum absolute atomic E-state index is 0.101.